The van der Waals surface area contributed by atoms with E-state index >= 15 is 0 Å². The minimum absolute atomic E-state index is 0.274. The summed E-state index contributed by atoms with van der Waals surface area (Å²) in [6.45, 7) is 0.648. The van der Waals surface area contributed by atoms with Crippen LogP contribution in [0.3, 0.4) is 0 Å². The number of hydrogen-bond acceptors (Lipinski definition) is 5. The first-order valence-electron chi connectivity index (χ1n) is 3.51. The summed E-state index contributed by atoms with van der Waals surface area (Å²) in [5.41, 5.74) is 5.42. The van der Waals surface area contributed by atoms with Gasteiger partial charge in [-0.05, 0) is 33.5 Å². The van der Waals surface area contributed by atoms with Gasteiger partial charge in [0.2, 0.25) is 5.95 Å². The largest absolute Gasteiger partial charge is 0.366 e. The third kappa shape index (κ3) is 1.86. The molecule has 0 saturated carbocycles. The Balaban J connectivity index is 2.23. The topological polar surface area (TPSA) is 69.6 Å². The molecule has 2 aromatic heterocycles. The summed E-state index contributed by atoms with van der Waals surface area (Å²) in [7, 11) is 0. The number of anilines is 1. The van der Waals surface area contributed by atoms with Crippen molar-refractivity contribution in [3.63, 3.8) is 0 Å². The molecule has 2 heterocycles. The Hall–Kier alpha value is -0.950. The summed E-state index contributed by atoms with van der Waals surface area (Å²) in [5, 5.41) is 4.00. The van der Waals surface area contributed by atoms with Crippen LogP contribution in [0.25, 0.3) is 0 Å². The van der Waals surface area contributed by atoms with Crippen LogP contribution in [0.4, 0.5) is 5.95 Å². The Bertz CT molecular complexity index is 395. The summed E-state index contributed by atoms with van der Waals surface area (Å²) in [4.78, 5) is 5.04. The lowest BCUT2D eigenvalue weighted by molar-refractivity contribution is 0.677. The Labute approximate surface area is 86.9 Å². The van der Waals surface area contributed by atoms with Gasteiger partial charge in [-0.15, -0.1) is 5.10 Å². The molecule has 0 unspecified atom stereocenters. The predicted molar refractivity (Wildman–Crippen MR) is 53.4 cm³/mol. The van der Waals surface area contributed by atoms with Crippen LogP contribution in [-0.4, -0.2) is 19.1 Å². The van der Waals surface area contributed by atoms with Gasteiger partial charge in [0.1, 0.15) is 0 Å². The van der Waals surface area contributed by atoms with Gasteiger partial charge in [0.05, 0.1) is 6.54 Å². The molecule has 0 bridgehead atoms. The van der Waals surface area contributed by atoms with Gasteiger partial charge in [0.25, 0.3) is 0 Å². The van der Waals surface area contributed by atoms with Crippen LogP contribution in [0.15, 0.2) is 17.0 Å². The highest BCUT2D eigenvalue weighted by Gasteiger charge is 2.05. The third-order valence-corrected chi connectivity index (χ3v) is 2.75. The van der Waals surface area contributed by atoms with Crippen LogP contribution in [0, 0.1) is 0 Å². The molecule has 68 valence electrons. The van der Waals surface area contributed by atoms with E-state index in [-0.39, 0.29) is 5.95 Å². The first-order valence-corrected chi connectivity index (χ1v) is 5.08. The number of hydrogen-bond donors (Lipinski definition) is 1. The molecule has 2 aromatic rings. The zero-order chi connectivity index (χ0) is 9.26. The first-order chi connectivity index (χ1) is 6.25. The molecule has 0 aliphatic carbocycles. The van der Waals surface area contributed by atoms with Gasteiger partial charge >= 0.3 is 0 Å². The maximum Gasteiger partial charge on any atom is 0.240 e. The highest BCUT2D eigenvalue weighted by molar-refractivity contribution is 9.10. The first kappa shape index (κ1) is 8.64. The van der Waals surface area contributed by atoms with Crippen LogP contribution >= 0.6 is 27.5 Å². The van der Waals surface area contributed by atoms with Crippen molar-refractivity contribution in [1.29, 1.82) is 0 Å². The molecule has 13 heavy (non-hydrogen) atoms. The second-order valence-corrected chi connectivity index (χ2v) is 4.00. The average molecular weight is 260 g/mol. The van der Waals surface area contributed by atoms with E-state index in [4.69, 9.17) is 5.73 Å². The molecule has 0 atom stereocenters. The second kappa shape index (κ2) is 3.43. The van der Waals surface area contributed by atoms with Gasteiger partial charge in [0, 0.05) is 11.1 Å². The van der Waals surface area contributed by atoms with E-state index in [0.717, 1.165) is 4.88 Å². The van der Waals surface area contributed by atoms with E-state index < -0.39 is 0 Å². The molecule has 0 aliphatic rings. The Kier molecular flexibility index (Phi) is 2.28. The molecule has 0 amide bonds. The average Bonchev–Trinajstić information content (AvgIpc) is 2.63. The minimum atomic E-state index is 0.274. The lowest BCUT2D eigenvalue weighted by Gasteiger charge is -1.96. The molecular formula is C6H6BrN5S. The van der Waals surface area contributed by atoms with Gasteiger partial charge in [-0.3, -0.25) is 0 Å². The Morgan fingerprint density at radius 1 is 1.62 bits per heavy atom. The number of rotatable bonds is 2. The maximum absolute atomic E-state index is 5.42. The fraction of sp³-hybridized carbons (Fsp3) is 0.167. The highest BCUT2D eigenvalue weighted by atomic mass is 79.9. The van der Waals surface area contributed by atoms with Gasteiger partial charge in [-0.25, -0.2) is 9.06 Å². The zero-order valence-corrected chi connectivity index (χ0v) is 8.92. The SMILES string of the molecule is Nc1nc(Br)n(Cc2ccns2)n1. The van der Waals surface area contributed by atoms with Gasteiger partial charge < -0.3 is 5.73 Å². The number of halogens is 1. The molecule has 0 spiro atoms. The fourth-order valence-electron chi connectivity index (χ4n) is 0.911. The fourth-order valence-corrected chi connectivity index (χ4v) is 1.86. The molecule has 0 saturated heterocycles. The quantitative estimate of drug-likeness (QED) is 0.878. The lowest BCUT2D eigenvalue weighted by atomic mass is 10.5. The molecule has 0 aliphatic heterocycles. The summed E-state index contributed by atoms with van der Waals surface area (Å²) in [5.74, 6) is 0.274. The molecule has 5 nitrogen and oxygen atoms in total. The molecule has 0 radical (unpaired) electrons. The van der Waals surface area contributed by atoms with E-state index in [0.29, 0.717) is 11.3 Å². The standard InChI is InChI=1S/C6H6BrN5S/c7-5-10-6(8)11-12(5)3-4-1-2-9-13-4/h1-2H,3H2,(H2,8,11). The second-order valence-electron chi connectivity index (χ2n) is 2.38. The molecule has 0 fully saturated rings. The van der Waals surface area contributed by atoms with E-state index in [1.54, 1.807) is 10.9 Å². The van der Waals surface area contributed by atoms with Gasteiger partial charge in [-0.2, -0.15) is 4.98 Å². The summed E-state index contributed by atoms with van der Waals surface area (Å²) in [6.07, 6.45) is 1.76. The van der Waals surface area contributed by atoms with Gasteiger partial charge in [-0.1, -0.05) is 0 Å². The van der Waals surface area contributed by atoms with E-state index in [9.17, 15) is 0 Å². The Morgan fingerprint density at radius 2 is 2.46 bits per heavy atom. The van der Waals surface area contributed by atoms with Crippen molar-refractivity contribution in [2.45, 2.75) is 6.54 Å². The van der Waals surface area contributed by atoms with Crippen LogP contribution < -0.4 is 5.73 Å². The maximum atomic E-state index is 5.42. The van der Waals surface area contributed by atoms with Crippen molar-refractivity contribution in [1.82, 2.24) is 19.1 Å². The van der Waals surface area contributed by atoms with Crippen LogP contribution in [0.1, 0.15) is 4.88 Å². The molecule has 2 N–H and O–H groups in total. The van der Waals surface area contributed by atoms with Crippen molar-refractivity contribution in [2.75, 3.05) is 5.73 Å². The van der Waals surface area contributed by atoms with Crippen molar-refractivity contribution in [2.24, 2.45) is 0 Å². The van der Waals surface area contributed by atoms with Crippen LogP contribution in [0.2, 0.25) is 0 Å². The summed E-state index contributed by atoms with van der Waals surface area (Å²) in [6, 6.07) is 1.94. The molecular weight excluding hydrogens is 254 g/mol. The van der Waals surface area contributed by atoms with Crippen LogP contribution in [-0.2, 0) is 6.54 Å². The van der Waals surface area contributed by atoms with Crippen molar-refractivity contribution < 1.29 is 0 Å². The normalized spacial score (nSPS) is 10.5. The minimum Gasteiger partial charge on any atom is -0.366 e. The monoisotopic (exact) mass is 259 g/mol. The van der Waals surface area contributed by atoms with E-state index in [1.807, 2.05) is 6.07 Å². The van der Waals surface area contributed by atoms with Crippen molar-refractivity contribution in [3.8, 4) is 0 Å². The highest BCUT2D eigenvalue weighted by Crippen LogP contribution is 2.12. The Morgan fingerprint density at radius 3 is 3.00 bits per heavy atom. The van der Waals surface area contributed by atoms with Crippen molar-refractivity contribution in [3.05, 3.63) is 21.9 Å². The smallest absolute Gasteiger partial charge is 0.240 e. The number of nitrogen functional groups attached to an aromatic ring is 1. The summed E-state index contributed by atoms with van der Waals surface area (Å²) >= 11 is 4.69. The lowest BCUT2D eigenvalue weighted by Crippen LogP contribution is -2.00. The zero-order valence-electron chi connectivity index (χ0n) is 6.51. The molecule has 7 heteroatoms. The number of aromatic nitrogens is 4. The third-order valence-electron chi connectivity index (χ3n) is 1.44. The molecule has 0 aromatic carbocycles. The van der Waals surface area contributed by atoms with E-state index in [2.05, 4.69) is 30.4 Å². The van der Waals surface area contributed by atoms with E-state index in [1.165, 1.54) is 11.5 Å². The van der Waals surface area contributed by atoms with Crippen LogP contribution in [0.5, 0.6) is 0 Å². The molecule has 2 rings (SSSR count). The number of nitrogens with zero attached hydrogens (tertiary/aromatic N) is 4. The number of nitrogens with two attached hydrogens (primary N) is 1. The predicted octanol–water partition coefficient (Wildman–Crippen LogP) is 1.13. The van der Waals surface area contributed by atoms with Crippen molar-refractivity contribution >= 4 is 33.4 Å². The van der Waals surface area contributed by atoms with Gasteiger partial charge in [0.15, 0.2) is 4.73 Å². The summed E-state index contributed by atoms with van der Waals surface area (Å²) < 4.78 is 6.31.